The molecular formula is C16H22ClNO5. The summed E-state index contributed by atoms with van der Waals surface area (Å²) in [4.78, 5) is 14.0. The second-order valence-corrected chi connectivity index (χ2v) is 6.69. The molecule has 1 amide bonds. The van der Waals surface area contributed by atoms with Gasteiger partial charge in [-0.1, -0.05) is 23.7 Å². The van der Waals surface area contributed by atoms with Crippen molar-refractivity contribution >= 4 is 17.5 Å². The minimum Gasteiger partial charge on any atom is -0.396 e. The topological polar surface area (TPSA) is 101 Å². The summed E-state index contributed by atoms with van der Waals surface area (Å²) in [6.45, 7) is -1.53. The Balaban J connectivity index is 2.19. The third kappa shape index (κ3) is 3.22. The first-order chi connectivity index (χ1) is 11.0. The van der Waals surface area contributed by atoms with Crippen LogP contribution in [-0.4, -0.2) is 70.8 Å². The van der Waals surface area contributed by atoms with Gasteiger partial charge in [0.05, 0.1) is 32.8 Å². The van der Waals surface area contributed by atoms with Gasteiger partial charge in [0.15, 0.2) is 0 Å². The van der Waals surface area contributed by atoms with Crippen LogP contribution >= 0.6 is 11.6 Å². The maximum absolute atomic E-state index is 12.5. The average molecular weight is 344 g/mol. The van der Waals surface area contributed by atoms with Gasteiger partial charge in [-0.25, -0.2) is 0 Å². The fourth-order valence-electron chi connectivity index (χ4n) is 3.20. The lowest BCUT2D eigenvalue weighted by molar-refractivity contribution is -0.130. The molecule has 1 aliphatic rings. The largest absolute Gasteiger partial charge is 0.396 e. The summed E-state index contributed by atoms with van der Waals surface area (Å²) < 4.78 is 0. The number of halogens is 1. The molecule has 2 rings (SSSR count). The van der Waals surface area contributed by atoms with Gasteiger partial charge >= 0.3 is 0 Å². The summed E-state index contributed by atoms with van der Waals surface area (Å²) in [5.74, 6) is -0.206. The van der Waals surface area contributed by atoms with E-state index in [0.29, 0.717) is 5.02 Å². The van der Waals surface area contributed by atoms with E-state index < -0.39 is 37.3 Å². The Morgan fingerprint density at radius 2 is 1.57 bits per heavy atom. The van der Waals surface area contributed by atoms with Crippen molar-refractivity contribution in [3.63, 3.8) is 0 Å². The Morgan fingerprint density at radius 3 is 2.00 bits per heavy atom. The zero-order valence-corrected chi connectivity index (χ0v) is 13.5. The Bertz CT molecular complexity index is 537. The summed E-state index contributed by atoms with van der Waals surface area (Å²) in [5.41, 5.74) is -1.49. The first-order valence-corrected chi connectivity index (χ1v) is 7.79. The first kappa shape index (κ1) is 18.2. The molecule has 4 N–H and O–H groups in total. The molecule has 0 unspecified atom stereocenters. The van der Waals surface area contributed by atoms with Crippen LogP contribution in [0.2, 0.25) is 5.02 Å². The Labute approximate surface area is 139 Å². The summed E-state index contributed by atoms with van der Waals surface area (Å²) in [6.07, 6.45) is 0.125. The Hall–Kier alpha value is -1.18. The molecule has 7 heteroatoms. The molecule has 128 valence electrons. The molecule has 1 fully saturated rings. The highest BCUT2D eigenvalue weighted by atomic mass is 35.5. The highest BCUT2D eigenvalue weighted by Gasteiger charge is 2.57. The van der Waals surface area contributed by atoms with E-state index in [-0.39, 0.29) is 25.4 Å². The zero-order chi connectivity index (χ0) is 17.1. The molecule has 1 saturated heterocycles. The lowest BCUT2D eigenvalue weighted by Crippen LogP contribution is -2.51. The molecule has 0 spiro atoms. The van der Waals surface area contributed by atoms with Crippen LogP contribution in [0.15, 0.2) is 24.3 Å². The van der Waals surface area contributed by atoms with Crippen LogP contribution in [0.3, 0.4) is 0 Å². The Kier molecular flexibility index (Phi) is 5.65. The second kappa shape index (κ2) is 7.15. The van der Waals surface area contributed by atoms with Gasteiger partial charge in [-0.15, -0.1) is 0 Å². The molecule has 6 nitrogen and oxygen atoms in total. The monoisotopic (exact) mass is 343 g/mol. The number of hydrogen-bond donors (Lipinski definition) is 4. The van der Waals surface area contributed by atoms with Crippen molar-refractivity contribution in [1.29, 1.82) is 0 Å². The number of likely N-dealkylation sites (tertiary alicyclic amines) is 1. The summed E-state index contributed by atoms with van der Waals surface area (Å²) in [6, 6.07) is 6.96. The third-order valence-corrected chi connectivity index (χ3v) is 5.15. The zero-order valence-electron chi connectivity index (χ0n) is 12.8. The fourth-order valence-corrected chi connectivity index (χ4v) is 3.42. The van der Waals surface area contributed by atoms with Gasteiger partial charge < -0.3 is 25.3 Å². The third-order valence-electron chi connectivity index (χ3n) is 4.92. The van der Waals surface area contributed by atoms with Gasteiger partial charge in [0.2, 0.25) is 5.91 Å². The van der Waals surface area contributed by atoms with Crippen LogP contribution in [0.25, 0.3) is 0 Å². The van der Waals surface area contributed by atoms with Crippen LogP contribution in [0.4, 0.5) is 0 Å². The standard InChI is InChI=1S/C16H22ClNO5/c17-13-3-1-2-12(4-13)5-14(23)18-6-15(8-19,9-20)16(7-18,10-21)11-22/h1-4,19-22H,5-11H2. The highest BCUT2D eigenvalue weighted by Crippen LogP contribution is 2.45. The number of aliphatic hydroxyl groups is 4. The van der Waals surface area contributed by atoms with Crippen LogP contribution in [0.5, 0.6) is 0 Å². The van der Waals surface area contributed by atoms with E-state index in [1.807, 2.05) is 0 Å². The van der Waals surface area contributed by atoms with Crippen molar-refractivity contribution in [2.45, 2.75) is 6.42 Å². The normalized spacial score (nSPS) is 19.1. The van der Waals surface area contributed by atoms with Gasteiger partial charge in [-0.05, 0) is 17.7 Å². The first-order valence-electron chi connectivity index (χ1n) is 7.41. The number of benzene rings is 1. The van der Waals surface area contributed by atoms with Crippen LogP contribution in [-0.2, 0) is 11.2 Å². The summed E-state index contributed by atoms with van der Waals surface area (Å²) >= 11 is 5.91. The van der Waals surface area contributed by atoms with Crippen molar-refractivity contribution in [1.82, 2.24) is 4.90 Å². The van der Waals surface area contributed by atoms with E-state index in [9.17, 15) is 25.2 Å². The van der Waals surface area contributed by atoms with Crippen LogP contribution in [0, 0.1) is 10.8 Å². The molecule has 0 radical (unpaired) electrons. The van der Waals surface area contributed by atoms with Gasteiger partial charge in [0, 0.05) is 28.9 Å². The minimum absolute atomic E-state index is 0.0838. The predicted molar refractivity (Wildman–Crippen MR) is 84.9 cm³/mol. The number of carbonyl (C=O) groups is 1. The number of nitrogens with zero attached hydrogens (tertiary/aromatic N) is 1. The van der Waals surface area contributed by atoms with Gasteiger partial charge in [0.1, 0.15) is 0 Å². The summed E-state index contributed by atoms with van der Waals surface area (Å²) in [7, 11) is 0. The second-order valence-electron chi connectivity index (χ2n) is 6.25. The fraction of sp³-hybridized carbons (Fsp3) is 0.562. The van der Waals surface area contributed by atoms with Crippen molar-refractivity contribution in [2.24, 2.45) is 10.8 Å². The average Bonchev–Trinajstić information content (AvgIpc) is 2.90. The quantitative estimate of drug-likeness (QED) is 0.566. The van der Waals surface area contributed by atoms with Crippen LogP contribution < -0.4 is 0 Å². The van der Waals surface area contributed by atoms with Crippen LogP contribution in [0.1, 0.15) is 5.56 Å². The van der Waals surface area contributed by atoms with Gasteiger partial charge in [-0.3, -0.25) is 4.79 Å². The molecule has 1 heterocycles. The smallest absolute Gasteiger partial charge is 0.227 e. The molecule has 0 bridgehead atoms. The molecule has 0 aromatic heterocycles. The molecule has 1 aliphatic heterocycles. The molecule has 23 heavy (non-hydrogen) atoms. The Morgan fingerprint density at radius 1 is 1.04 bits per heavy atom. The van der Waals surface area contributed by atoms with Gasteiger partial charge in [0.25, 0.3) is 0 Å². The van der Waals surface area contributed by atoms with E-state index in [1.54, 1.807) is 24.3 Å². The molecule has 0 saturated carbocycles. The van der Waals surface area contributed by atoms with E-state index in [4.69, 9.17) is 11.6 Å². The van der Waals surface area contributed by atoms with Crippen molar-refractivity contribution in [2.75, 3.05) is 39.5 Å². The SMILES string of the molecule is O=C(Cc1cccc(Cl)c1)N1CC(CO)(CO)C(CO)(CO)C1. The number of carbonyl (C=O) groups excluding carboxylic acids is 1. The van der Waals surface area contributed by atoms with E-state index in [0.717, 1.165) is 5.56 Å². The molecule has 1 aromatic carbocycles. The van der Waals surface area contributed by atoms with E-state index in [1.165, 1.54) is 4.90 Å². The van der Waals surface area contributed by atoms with Crippen molar-refractivity contribution in [3.8, 4) is 0 Å². The predicted octanol–water partition coefficient (Wildman–Crippen LogP) is -0.333. The number of amides is 1. The van der Waals surface area contributed by atoms with Crippen molar-refractivity contribution in [3.05, 3.63) is 34.9 Å². The van der Waals surface area contributed by atoms with Gasteiger partial charge in [-0.2, -0.15) is 0 Å². The number of aliphatic hydroxyl groups excluding tert-OH is 4. The van der Waals surface area contributed by atoms with E-state index >= 15 is 0 Å². The highest BCUT2D eigenvalue weighted by molar-refractivity contribution is 6.30. The maximum atomic E-state index is 12.5. The summed E-state index contributed by atoms with van der Waals surface area (Å²) in [5, 5.41) is 39.3. The molecule has 1 aromatic rings. The van der Waals surface area contributed by atoms with Crippen molar-refractivity contribution < 1.29 is 25.2 Å². The molecule has 0 aliphatic carbocycles. The molecular weight excluding hydrogens is 322 g/mol. The number of rotatable bonds is 6. The lowest BCUT2D eigenvalue weighted by Gasteiger charge is -2.39. The maximum Gasteiger partial charge on any atom is 0.227 e. The lowest BCUT2D eigenvalue weighted by atomic mass is 9.67. The number of hydrogen-bond acceptors (Lipinski definition) is 5. The minimum atomic E-state index is -1.12. The molecule has 0 atom stereocenters. The van der Waals surface area contributed by atoms with E-state index in [2.05, 4.69) is 0 Å².